The van der Waals surface area contributed by atoms with Gasteiger partial charge in [0.25, 0.3) is 5.89 Å². The summed E-state index contributed by atoms with van der Waals surface area (Å²) in [5.74, 6) is 2.52. The van der Waals surface area contributed by atoms with Gasteiger partial charge in [-0.1, -0.05) is 5.92 Å². The minimum atomic E-state index is -1.08. The summed E-state index contributed by atoms with van der Waals surface area (Å²) in [6.45, 7) is 1.62. The van der Waals surface area contributed by atoms with Crippen LogP contribution in [0.1, 0.15) is 17.9 Å². The van der Waals surface area contributed by atoms with Crippen molar-refractivity contribution < 1.29 is 9.52 Å². The largest absolute Gasteiger partial charge is 0.422 e. The molecule has 0 spiro atoms. The Morgan fingerprint density at radius 2 is 2.40 bits per heavy atom. The Bertz CT molecular complexity index is 261. The predicted molar refractivity (Wildman–Crippen MR) is 32.8 cm³/mol. The normalized spacial score (nSPS) is 12.5. The van der Waals surface area contributed by atoms with Crippen LogP contribution in [0.25, 0.3) is 0 Å². The van der Waals surface area contributed by atoms with Crippen LogP contribution >= 0.6 is 0 Å². The van der Waals surface area contributed by atoms with Gasteiger partial charge in [-0.05, 0) is 0 Å². The molecule has 10 heavy (non-hydrogen) atoms. The monoisotopic (exact) mass is 138 g/mol. The maximum absolute atomic E-state index is 8.91. The summed E-state index contributed by atoms with van der Waals surface area (Å²) in [4.78, 5) is 0. The molecule has 0 aliphatic heterocycles. The lowest BCUT2D eigenvalue weighted by Gasteiger charge is -1.91. The number of nitrogens with zero attached hydrogens (tertiary/aromatic N) is 2. The lowest BCUT2D eigenvalue weighted by atomic mass is 10.4. The van der Waals surface area contributed by atoms with Gasteiger partial charge in [-0.3, -0.25) is 0 Å². The summed E-state index contributed by atoms with van der Waals surface area (Å²) < 4.78 is 4.82. The Morgan fingerprint density at radius 1 is 1.70 bits per heavy atom. The van der Waals surface area contributed by atoms with Gasteiger partial charge in [-0.15, -0.1) is 16.6 Å². The molecule has 0 unspecified atom stereocenters. The van der Waals surface area contributed by atoms with Gasteiger partial charge in [0, 0.05) is 6.92 Å². The van der Waals surface area contributed by atoms with Crippen molar-refractivity contribution in [2.45, 2.75) is 13.0 Å². The number of aliphatic hydroxyl groups is 1. The third kappa shape index (κ3) is 1.14. The van der Waals surface area contributed by atoms with Crippen molar-refractivity contribution in [3.8, 4) is 12.3 Å². The van der Waals surface area contributed by atoms with Crippen molar-refractivity contribution in [3.05, 3.63) is 11.8 Å². The number of aliphatic hydroxyl groups excluding tert-OH is 1. The second-order valence-corrected chi connectivity index (χ2v) is 1.73. The second kappa shape index (κ2) is 2.50. The van der Waals surface area contributed by atoms with Crippen LogP contribution in [0.3, 0.4) is 0 Å². The van der Waals surface area contributed by atoms with E-state index in [0.717, 1.165) is 0 Å². The minimum Gasteiger partial charge on any atom is -0.422 e. The van der Waals surface area contributed by atoms with Crippen LogP contribution in [0.4, 0.5) is 0 Å². The molecule has 4 nitrogen and oxygen atoms in total. The van der Waals surface area contributed by atoms with Crippen LogP contribution in [0, 0.1) is 19.3 Å². The van der Waals surface area contributed by atoms with Crippen molar-refractivity contribution >= 4 is 0 Å². The first kappa shape index (κ1) is 6.78. The molecule has 1 heterocycles. The topological polar surface area (TPSA) is 59.2 Å². The molecule has 1 rings (SSSR count). The number of hydrogen-bond acceptors (Lipinski definition) is 4. The van der Waals surface area contributed by atoms with Gasteiger partial charge in [0.05, 0.1) is 0 Å². The lowest BCUT2D eigenvalue weighted by Crippen LogP contribution is -1.92. The molecular formula is C6H6N2O2. The first-order valence-corrected chi connectivity index (χ1v) is 2.68. The number of rotatable bonds is 1. The van der Waals surface area contributed by atoms with Crippen LogP contribution in [-0.4, -0.2) is 15.3 Å². The first-order chi connectivity index (χ1) is 4.74. The van der Waals surface area contributed by atoms with Gasteiger partial charge in [0.2, 0.25) is 5.89 Å². The zero-order valence-corrected chi connectivity index (χ0v) is 5.40. The minimum absolute atomic E-state index is 0.0694. The van der Waals surface area contributed by atoms with Gasteiger partial charge in [-0.2, -0.15) is 0 Å². The Balaban J connectivity index is 2.87. The summed E-state index contributed by atoms with van der Waals surface area (Å²) in [5.41, 5.74) is 0. The summed E-state index contributed by atoms with van der Waals surface area (Å²) in [6.07, 6.45) is 3.80. The fraction of sp³-hybridized carbons (Fsp3) is 0.333. The molecule has 0 aliphatic rings. The van der Waals surface area contributed by atoms with Gasteiger partial charge < -0.3 is 9.52 Å². The molecule has 0 saturated carbocycles. The van der Waals surface area contributed by atoms with Crippen molar-refractivity contribution in [2.24, 2.45) is 0 Å². The van der Waals surface area contributed by atoms with E-state index in [0.29, 0.717) is 5.89 Å². The SMILES string of the molecule is C#C[C@H](O)c1nnc(C)o1. The van der Waals surface area contributed by atoms with Crippen LogP contribution in [-0.2, 0) is 0 Å². The van der Waals surface area contributed by atoms with E-state index in [-0.39, 0.29) is 5.89 Å². The third-order valence-corrected chi connectivity index (χ3v) is 0.933. The first-order valence-electron chi connectivity index (χ1n) is 2.68. The van der Waals surface area contributed by atoms with Crippen LogP contribution in [0.15, 0.2) is 4.42 Å². The predicted octanol–water partition coefficient (Wildman–Crippen LogP) is 0.0446. The molecule has 1 aromatic rings. The zero-order chi connectivity index (χ0) is 7.56. The number of aryl methyl sites for hydroxylation is 1. The summed E-state index contributed by atoms with van der Waals surface area (Å²) in [7, 11) is 0. The third-order valence-electron chi connectivity index (χ3n) is 0.933. The fourth-order valence-corrected chi connectivity index (χ4v) is 0.494. The quantitative estimate of drug-likeness (QED) is 0.557. The Labute approximate surface area is 57.9 Å². The maximum atomic E-state index is 8.91. The van der Waals surface area contributed by atoms with Crippen LogP contribution in [0.5, 0.6) is 0 Å². The van der Waals surface area contributed by atoms with Crippen LogP contribution in [0.2, 0.25) is 0 Å². The highest BCUT2D eigenvalue weighted by Crippen LogP contribution is 2.07. The van der Waals surface area contributed by atoms with Gasteiger partial charge in [0.1, 0.15) is 0 Å². The highest BCUT2D eigenvalue weighted by Gasteiger charge is 2.09. The van der Waals surface area contributed by atoms with Crippen LogP contribution < -0.4 is 0 Å². The van der Waals surface area contributed by atoms with E-state index < -0.39 is 6.10 Å². The van der Waals surface area contributed by atoms with E-state index in [4.69, 9.17) is 15.9 Å². The Kier molecular flexibility index (Phi) is 1.69. The Hall–Kier alpha value is -1.34. The van der Waals surface area contributed by atoms with Crippen molar-refractivity contribution in [2.75, 3.05) is 0 Å². The van der Waals surface area contributed by atoms with E-state index in [1.807, 2.05) is 0 Å². The highest BCUT2D eigenvalue weighted by molar-refractivity contribution is 5.02. The van der Waals surface area contributed by atoms with Crippen molar-refractivity contribution in [3.63, 3.8) is 0 Å². The molecule has 0 saturated heterocycles. The van der Waals surface area contributed by atoms with E-state index >= 15 is 0 Å². The molecule has 1 atom stereocenters. The summed E-state index contributed by atoms with van der Waals surface area (Å²) in [5, 5.41) is 15.9. The van der Waals surface area contributed by atoms with E-state index in [2.05, 4.69) is 16.1 Å². The zero-order valence-electron chi connectivity index (χ0n) is 5.40. The molecule has 0 aliphatic carbocycles. The van der Waals surface area contributed by atoms with Gasteiger partial charge >= 0.3 is 0 Å². The van der Waals surface area contributed by atoms with E-state index in [1.54, 1.807) is 6.92 Å². The standard InChI is InChI=1S/C6H6N2O2/c1-3-5(9)6-8-7-4(2)10-6/h1,5,9H,2H3/t5-/m0/s1. The molecule has 1 N–H and O–H groups in total. The molecular weight excluding hydrogens is 132 g/mol. The fourth-order valence-electron chi connectivity index (χ4n) is 0.494. The van der Waals surface area contributed by atoms with Crippen molar-refractivity contribution in [1.82, 2.24) is 10.2 Å². The number of hydrogen-bond donors (Lipinski definition) is 1. The number of aromatic nitrogens is 2. The lowest BCUT2D eigenvalue weighted by molar-refractivity contribution is 0.197. The Morgan fingerprint density at radius 3 is 2.80 bits per heavy atom. The summed E-state index contributed by atoms with van der Waals surface area (Å²) >= 11 is 0. The summed E-state index contributed by atoms with van der Waals surface area (Å²) in [6, 6.07) is 0. The molecule has 4 heteroatoms. The average molecular weight is 138 g/mol. The molecule has 0 aromatic carbocycles. The van der Waals surface area contributed by atoms with Gasteiger partial charge in [-0.25, -0.2) is 0 Å². The molecule has 52 valence electrons. The van der Waals surface area contributed by atoms with E-state index in [9.17, 15) is 0 Å². The molecule has 0 fully saturated rings. The smallest absolute Gasteiger partial charge is 0.257 e. The van der Waals surface area contributed by atoms with E-state index in [1.165, 1.54) is 0 Å². The molecule has 0 bridgehead atoms. The van der Waals surface area contributed by atoms with Crippen molar-refractivity contribution in [1.29, 1.82) is 0 Å². The highest BCUT2D eigenvalue weighted by atomic mass is 16.4. The van der Waals surface area contributed by atoms with Gasteiger partial charge in [0.15, 0.2) is 6.10 Å². The second-order valence-electron chi connectivity index (χ2n) is 1.73. The maximum Gasteiger partial charge on any atom is 0.257 e. The molecule has 0 radical (unpaired) electrons. The molecule has 0 amide bonds. The molecule has 1 aromatic heterocycles. The average Bonchev–Trinajstić information content (AvgIpc) is 2.34. The number of terminal acetylenes is 1.